The number of fused-ring (bicyclic) bond motifs is 2. The molecule has 2 saturated heterocycles. The lowest BCUT2D eigenvalue weighted by Crippen LogP contribution is -2.59. The van der Waals surface area contributed by atoms with Gasteiger partial charge in [-0.1, -0.05) is 18.7 Å². The summed E-state index contributed by atoms with van der Waals surface area (Å²) in [7, 11) is 2.33. The molecule has 2 bridgehead atoms. The van der Waals surface area contributed by atoms with Gasteiger partial charge in [-0.3, -0.25) is 0 Å². The predicted molar refractivity (Wildman–Crippen MR) is 34.9 cm³/mol. The van der Waals surface area contributed by atoms with Gasteiger partial charge in [-0.15, -0.1) is 0 Å². The van der Waals surface area contributed by atoms with Gasteiger partial charge in [0, 0.05) is 0 Å². The van der Waals surface area contributed by atoms with Gasteiger partial charge in [0.2, 0.25) is 0 Å². The second-order valence-corrected chi connectivity index (χ2v) is 3.26. The molecule has 0 aromatic rings. The van der Waals surface area contributed by atoms with E-state index in [2.05, 4.69) is 7.28 Å². The Kier molecular flexibility index (Phi) is 0.788. The summed E-state index contributed by atoms with van der Waals surface area (Å²) in [4.78, 5) is 0. The highest BCUT2D eigenvalue weighted by molar-refractivity contribution is 6.46. The SMILES string of the molecule is NC12[B]C(CCC1)C2. The van der Waals surface area contributed by atoms with Crippen molar-refractivity contribution in [1.82, 2.24) is 0 Å². The molecule has 0 aromatic carbocycles. The van der Waals surface area contributed by atoms with Crippen molar-refractivity contribution in [3.8, 4) is 0 Å². The van der Waals surface area contributed by atoms with Crippen LogP contribution < -0.4 is 5.73 Å². The van der Waals surface area contributed by atoms with Gasteiger partial charge >= 0.3 is 0 Å². The third-order valence-corrected chi connectivity index (χ3v) is 2.43. The summed E-state index contributed by atoms with van der Waals surface area (Å²) in [6.07, 6.45) is 5.27. The lowest BCUT2D eigenvalue weighted by Gasteiger charge is -2.49. The lowest BCUT2D eigenvalue weighted by atomic mass is 9.31. The Morgan fingerprint density at radius 3 is 2.62 bits per heavy atom. The van der Waals surface area contributed by atoms with Crippen LogP contribution in [0.25, 0.3) is 0 Å². The standard InChI is InChI=1S/C6H11BN/c8-6-3-1-2-5(4-6)7-6/h5H,1-4,8H2. The maximum absolute atomic E-state index is 5.89. The zero-order chi connectivity index (χ0) is 5.61. The van der Waals surface area contributed by atoms with Crippen molar-refractivity contribution in [2.45, 2.75) is 36.9 Å². The molecule has 1 radical (unpaired) electrons. The van der Waals surface area contributed by atoms with Gasteiger partial charge in [0.15, 0.2) is 0 Å². The molecule has 2 N–H and O–H groups in total. The van der Waals surface area contributed by atoms with Gasteiger partial charge in [-0.25, -0.2) is 0 Å². The van der Waals surface area contributed by atoms with E-state index >= 15 is 0 Å². The van der Waals surface area contributed by atoms with Gasteiger partial charge < -0.3 is 5.73 Å². The molecule has 2 atom stereocenters. The van der Waals surface area contributed by atoms with E-state index in [1.165, 1.54) is 25.7 Å². The maximum atomic E-state index is 5.89. The van der Waals surface area contributed by atoms with E-state index in [-0.39, 0.29) is 5.44 Å². The summed E-state index contributed by atoms with van der Waals surface area (Å²) in [5.41, 5.74) is 6.09. The number of hydrogen-bond donors (Lipinski definition) is 1. The first kappa shape index (κ1) is 4.86. The fourth-order valence-electron chi connectivity index (χ4n) is 1.99. The Morgan fingerprint density at radius 1 is 1.62 bits per heavy atom. The molecule has 3 fully saturated rings. The van der Waals surface area contributed by atoms with Gasteiger partial charge in [0.1, 0.15) is 7.28 Å². The average Bonchev–Trinajstić information content (AvgIpc) is 1.63. The van der Waals surface area contributed by atoms with E-state index in [1.54, 1.807) is 0 Å². The van der Waals surface area contributed by atoms with Crippen molar-refractivity contribution in [2.75, 3.05) is 0 Å². The number of rotatable bonds is 0. The Balaban J connectivity index is 2.06. The Labute approximate surface area is 50.9 Å². The summed E-state index contributed by atoms with van der Waals surface area (Å²) in [6, 6.07) is 0. The molecule has 2 aliphatic heterocycles. The largest absolute Gasteiger partial charge is 0.332 e. The quantitative estimate of drug-likeness (QED) is 0.454. The predicted octanol–water partition coefficient (Wildman–Crippen LogP) is 0.722. The molecule has 3 rings (SSSR count). The van der Waals surface area contributed by atoms with Gasteiger partial charge in [-0.2, -0.15) is 0 Å². The summed E-state index contributed by atoms with van der Waals surface area (Å²) < 4.78 is 0. The third-order valence-electron chi connectivity index (χ3n) is 2.43. The Morgan fingerprint density at radius 2 is 2.38 bits per heavy atom. The highest BCUT2D eigenvalue weighted by Crippen LogP contribution is 2.44. The van der Waals surface area contributed by atoms with Gasteiger partial charge in [-0.05, 0) is 18.3 Å². The molecule has 1 aliphatic carbocycles. The van der Waals surface area contributed by atoms with E-state index in [1.807, 2.05) is 0 Å². The van der Waals surface area contributed by atoms with E-state index in [9.17, 15) is 0 Å². The smallest absolute Gasteiger partial charge is 0.140 e. The first-order chi connectivity index (χ1) is 3.79. The summed E-state index contributed by atoms with van der Waals surface area (Å²) >= 11 is 0. The minimum absolute atomic E-state index is 0.197. The first-order valence-electron chi connectivity index (χ1n) is 3.43. The highest BCUT2D eigenvalue weighted by Gasteiger charge is 2.44. The first-order valence-corrected chi connectivity index (χ1v) is 3.43. The Bertz CT molecular complexity index is 102. The zero-order valence-corrected chi connectivity index (χ0v) is 5.06. The molecule has 43 valence electrons. The van der Waals surface area contributed by atoms with Crippen molar-refractivity contribution < 1.29 is 0 Å². The molecular weight excluding hydrogens is 96.9 g/mol. The van der Waals surface area contributed by atoms with Crippen LogP contribution in [0.3, 0.4) is 0 Å². The molecule has 2 heteroatoms. The second kappa shape index (κ2) is 1.30. The third kappa shape index (κ3) is 0.525. The van der Waals surface area contributed by atoms with E-state index in [0.29, 0.717) is 0 Å². The van der Waals surface area contributed by atoms with Crippen LogP contribution in [-0.4, -0.2) is 12.7 Å². The van der Waals surface area contributed by atoms with Crippen LogP contribution in [-0.2, 0) is 0 Å². The van der Waals surface area contributed by atoms with E-state index in [4.69, 9.17) is 5.73 Å². The minimum atomic E-state index is 0.197. The number of nitrogens with two attached hydrogens (primary N) is 1. The van der Waals surface area contributed by atoms with E-state index < -0.39 is 0 Å². The second-order valence-electron chi connectivity index (χ2n) is 3.26. The molecule has 0 amide bonds. The van der Waals surface area contributed by atoms with Crippen LogP contribution in [0.5, 0.6) is 0 Å². The Hall–Kier alpha value is 0.0249. The van der Waals surface area contributed by atoms with Crippen LogP contribution in [0.1, 0.15) is 25.7 Å². The van der Waals surface area contributed by atoms with Crippen molar-refractivity contribution in [3.63, 3.8) is 0 Å². The van der Waals surface area contributed by atoms with Crippen molar-refractivity contribution in [3.05, 3.63) is 0 Å². The van der Waals surface area contributed by atoms with Gasteiger partial charge in [0.05, 0.1) is 0 Å². The van der Waals surface area contributed by atoms with Crippen LogP contribution in [0.4, 0.5) is 0 Å². The maximum Gasteiger partial charge on any atom is 0.140 e. The average molecular weight is 108 g/mol. The normalized spacial score (nSPS) is 51.9. The van der Waals surface area contributed by atoms with Crippen molar-refractivity contribution in [1.29, 1.82) is 0 Å². The lowest BCUT2D eigenvalue weighted by molar-refractivity contribution is 0.332. The van der Waals surface area contributed by atoms with Crippen LogP contribution >= 0.6 is 0 Å². The van der Waals surface area contributed by atoms with Crippen LogP contribution in [0.15, 0.2) is 0 Å². The zero-order valence-electron chi connectivity index (χ0n) is 5.06. The van der Waals surface area contributed by atoms with Crippen LogP contribution in [0.2, 0.25) is 5.82 Å². The molecule has 3 aliphatic rings. The van der Waals surface area contributed by atoms with Crippen molar-refractivity contribution >= 4 is 7.28 Å². The van der Waals surface area contributed by atoms with Crippen LogP contribution in [0, 0.1) is 0 Å². The molecule has 1 saturated carbocycles. The van der Waals surface area contributed by atoms with Gasteiger partial charge in [0.25, 0.3) is 0 Å². The fourth-order valence-corrected chi connectivity index (χ4v) is 1.99. The molecule has 0 aromatic heterocycles. The molecule has 0 spiro atoms. The fraction of sp³-hybridized carbons (Fsp3) is 1.00. The monoisotopic (exact) mass is 108 g/mol. The minimum Gasteiger partial charge on any atom is -0.332 e. The number of hydrogen-bond acceptors (Lipinski definition) is 1. The molecule has 8 heavy (non-hydrogen) atoms. The highest BCUT2D eigenvalue weighted by atomic mass is 14.7. The topological polar surface area (TPSA) is 26.0 Å². The summed E-state index contributed by atoms with van der Waals surface area (Å²) in [6.45, 7) is 0. The molecular formula is C6H11BN. The van der Waals surface area contributed by atoms with Crippen molar-refractivity contribution in [2.24, 2.45) is 5.73 Å². The summed E-state index contributed by atoms with van der Waals surface area (Å²) in [5.74, 6) is 0.897. The summed E-state index contributed by atoms with van der Waals surface area (Å²) in [5, 5.41) is 0. The molecule has 2 heterocycles. The molecule has 1 nitrogen and oxygen atoms in total. The van der Waals surface area contributed by atoms with E-state index in [0.717, 1.165) is 5.82 Å². The molecule has 2 unspecified atom stereocenters.